The molecular weight excluding hydrogens is 290 g/mol. The molecule has 1 rings (SSSR count). The van der Waals surface area contributed by atoms with Gasteiger partial charge in [-0.1, -0.05) is 0 Å². The average molecular weight is 321 g/mol. The molecule has 23 heavy (non-hydrogen) atoms. The van der Waals surface area contributed by atoms with Crippen molar-refractivity contribution in [3.8, 4) is 12.1 Å². The van der Waals surface area contributed by atoms with Crippen LogP contribution in [0.5, 0.6) is 0 Å². The van der Waals surface area contributed by atoms with Gasteiger partial charge in [-0.25, -0.2) is 0 Å². The Balaban J connectivity index is 0.000000422. The van der Waals surface area contributed by atoms with Crippen molar-refractivity contribution in [2.45, 2.75) is 96.8 Å². The summed E-state index contributed by atoms with van der Waals surface area (Å²) in [5, 5.41) is 36.0. The summed E-state index contributed by atoms with van der Waals surface area (Å²) >= 11 is 0. The molecule has 0 aromatic carbocycles. The van der Waals surface area contributed by atoms with Crippen LogP contribution in [0.15, 0.2) is 10.2 Å². The number of hydrogen-bond acceptors (Lipinski definition) is 6. The average Bonchev–Trinajstić information content (AvgIpc) is 2.43. The van der Waals surface area contributed by atoms with Gasteiger partial charge in [0.2, 0.25) is 0 Å². The summed E-state index contributed by atoms with van der Waals surface area (Å²) in [6, 6.07) is 3.94. The van der Waals surface area contributed by atoms with Crippen LogP contribution in [0.3, 0.4) is 0 Å². The molecule has 1 aliphatic rings. The second-order valence-electron chi connectivity index (χ2n) is 8.33. The van der Waals surface area contributed by atoms with E-state index >= 15 is 0 Å². The lowest BCUT2D eigenvalue weighted by Gasteiger charge is -2.48. The van der Waals surface area contributed by atoms with E-state index in [2.05, 4.69) is 37.9 Å². The van der Waals surface area contributed by atoms with Gasteiger partial charge in [-0.15, -0.1) is 0 Å². The first kappa shape index (κ1) is 21.5. The fraction of sp³-hybridized carbons (Fsp3) is 0.882. The molecule has 0 atom stereocenters. The van der Waals surface area contributed by atoms with Gasteiger partial charge in [-0.2, -0.15) is 25.8 Å². The Morgan fingerprint density at radius 2 is 1.17 bits per heavy atom. The van der Waals surface area contributed by atoms with Crippen molar-refractivity contribution in [1.82, 2.24) is 5.06 Å². The Labute approximate surface area is 140 Å². The fourth-order valence-corrected chi connectivity index (χ4v) is 2.28. The van der Waals surface area contributed by atoms with E-state index in [1.807, 2.05) is 12.1 Å². The smallest absolute Gasteiger partial charge is 0.162 e. The molecule has 0 saturated carbocycles. The number of rotatable bonds is 2. The first-order chi connectivity index (χ1) is 10.2. The van der Waals surface area contributed by atoms with Gasteiger partial charge in [0.25, 0.3) is 0 Å². The van der Waals surface area contributed by atoms with E-state index in [0.717, 1.165) is 12.8 Å². The van der Waals surface area contributed by atoms with Crippen molar-refractivity contribution < 1.29 is 5.21 Å². The molecule has 1 fully saturated rings. The predicted molar refractivity (Wildman–Crippen MR) is 89.9 cm³/mol. The summed E-state index contributed by atoms with van der Waals surface area (Å²) < 4.78 is 0. The molecule has 0 unspecified atom stereocenters. The number of piperidine rings is 1. The van der Waals surface area contributed by atoms with Crippen LogP contribution < -0.4 is 0 Å². The van der Waals surface area contributed by atoms with Crippen LogP contribution in [0.25, 0.3) is 0 Å². The number of azo groups is 1. The third-order valence-corrected chi connectivity index (χ3v) is 3.82. The summed E-state index contributed by atoms with van der Waals surface area (Å²) in [6.45, 7) is 14.9. The van der Waals surface area contributed by atoms with Crippen LogP contribution in [-0.4, -0.2) is 32.4 Å². The minimum absolute atomic E-state index is 0.0399. The SMILES string of the molecule is CC(C)(C#N)N=NC(C)(C)C#N.CC1(C)CCCC(C)(C)N1O. The van der Waals surface area contributed by atoms with Crippen LogP contribution in [-0.2, 0) is 0 Å². The third kappa shape index (κ3) is 7.07. The Bertz CT molecular complexity index is 462. The highest BCUT2D eigenvalue weighted by atomic mass is 16.5. The number of nitrogens with zero attached hydrogens (tertiary/aromatic N) is 5. The van der Waals surface area contributed by atoms with E-state index in [4.69, 9.17) is 10.5 Å². The second-order valence-corrected chi connectivity index (χ2v) is 8.33. The van der Waals surface area contributed by atoms with Gasteiger partial charge in [0.15, 0.2) is 11.1 Å². The fourth-order valence-electron chi connectivity index (χ4n) is 2.28. The minimum Gasteiger partial charge on any atom is -0.313 e. The molecule has 1 N–H and O–H groups in total. The molecule has 0 aliphatic carbocycles. The molecule has 0 aromatic rings. The summed E-state index contributed by atoms with van der Waals surface area (Å²) in [5.41, 5.74) is -1.76. The van der Waals surface area contributed by atoms with E-state index in [-0.39, 0.29) is 11.1 Å². The van der Waals surface area contributed by atoms with E-state index < -0.39 is 11.1 Å². The quantitative estimate of drug-likeness (QED) is 0.759. The molecule has 0 radical (unpaired) electrons. The predicted octanol–water partition coefficient (Wildman–Crippen LogP) is 4.46. The zero-order valence-electron chi connectivity index (χ0n) is 15.8. The molecule has 0 bridgehead atoms. The van der Waals surface area contributed by atoms with Gasteiger partial charge in [-0.3, -0.25) is 0 Å². The van der Waals surface area contributed by atoms with Gasteiger partial charge in [0.05, 0.1) is 12.1 Å². The van der Waals surface area contributed by atoms with Crippen LogP contribution in [0, 0.1) is 22.7 Å². The maximum absolute atomic E-state index is 9.80. The van der Waals surface area contributed by atoms with Gasteiger partial charge in [0, 0.05) is 11.1 Å². The first-order valence-electron chi connectivity index (χ1n) is 7.95. The number of hydrogen-bond donors (Lipinski definition) is 1. The summed E-state index contributed by atoms with van der Waals surface area (Å²) in [5.74, 6) is 0. The van der Waals surface area contributed by atoms with Crippen molar-refractivity contribution >= 4 is 0 Å². The summed E-state index contributed by atoms with van der Waals surface area (Å²) in [4.78, 5) is 0. The molecule has 1 saturated heterocycles. The Morgan fingerprint density at radius 3 is 1.39 bits per heavy atom. The standard InChI is InChI=1S/C9H19NO.C8H12N4/c1-8(2)6-5-7-9(3,4)10(8)11;1-7(2,5-9)11-12-8(3,4)6-10/h11H,5-7H2,1-4H3;1-4H3. The van der Waals surface area contributed by atoms with Gasteiger partial charge in [-0.05, 0) is 74.7 Å². The van der Waals surface area contributed by atoms with Crippen LogP contribution in [0.2, 0.25) is 0 Å². The minimum atomic E-state index is -0.839. The van der Waals surface area contributed by atoms with Gasteiger partial charge >= 0.3 is 0 Å². The zero-order valence-corrected chi connectivity index (χ0v) is 15.8. The molecule has 0 aromatic heterocycles. The van der Waals surface area contributed by atoms with Crippen molar-refractivity contribution in [1.29, 1.82) is 10.5 Å². The molecule has 0 spiro atoms. The van der Waals surface area contributed by atoms with Crippen molar-refractivity contribution in [2.75, 3.05) is 0 Å². The van der Waals surface area contributed by atoms with Crippen LogP contribution in [0.4, 0.5) is 0 Å². The zero-order chi connectivity index (χ0) is 18.5. The maximum atomic E-state index is 9.80. The Hall–Kier alpha value is -1.50. The second kappa shape index (κ2) is 7.38. The lowest BCUT2D eigenvalue weighted by molar-refractivity contribution is -0.241. The largest absolute Gasteiger partial charge is 0.313 e. The van der Waals surface area contributed by atoms with Gasteiger partial charge < -0.3 is 5.21 Å². The monoisotopic (exact) mass is 321 g/mol. The topological polar surface area (TPSA) is 95.8 Å². The summed E-state index contributed by atoms with van der Waals surface area (Å²) in [7, 11) is 0. The Kier molecular flexibility index (Phi) is 6.90. The molecule has 0 amide bonds. The highest BCUT2D eigenvalue weighted by Gasteiger charge is 2.40. The number of hydroxylamine groups is 2. The first-order valence-corrected chi connectivity index (χ1v) is 7.95. The van der Waals surface area contributed by atoms with E-state index in [1.54, 1.807) is 27.7 Å². The highest BCUT2D eigenvalue weighted by molar-refractivity contribution is 5.03. The van der Waals surface area contributed by atoms with E-state index in [1.165, 1.54) is 11.5 Å². The highest BCUT2D eigenvalue weighted by Crippen LogP contribution is 2.35. The molecule has 130 valence electrons. The molecular formula is C17H31N5O. The molecule has 6 heteroatoms. The summed E-state index contributed by atoms with van der Waals surface area (Å²) in [6.07, 6.45) is 3.40. The normalized spacial score (nSPS) is 21.0. The molecule has 1 aliphatic heterocycles. The van der Waals surface area contributed by atoms with Crippen molar-refractivity contribution in [3.63, 3.8) is 0 Å². The Morgan fingerprint density at radius 1 is 0.870 bits per heavy atom. The van der Waals surface area contributed by atoms with Crippen LogP contribution in [0.1, 0.15) is 74.7 Å². The molecule has 1 heterocycles. The van der Waals surface area contributed by atoms with Gasteiger partial charge in [0.1, 0.15) is 0 Å². The molecule has 6 nitrogen and oxygen atoms in total. The number of nitriles is 2. The van der Waals surface area contributed by atoms with E-state index in [9.17, 15) is 5.21 Å². The van der Waals surface area contributed by atoms with Crippen molar-refractivity contribution in [3.05, 3.63) is 0 Å². The van der Waals surface area contributed by atoms with Crippen LogP contribution >= 0.6 is 0 Å². The van der Waals surface area contributed by atoms with E-state index in [0.29, 0.717) is 0 Å². The van der Waals surface area contributed by atoms with Crippen molar-refractivity contribution in [2.24, 2.45) is 10.2 Å². The lowest BCUT2D eigenvalue weighted by atomic mass is 9.82. The lowest BCUT2D eigenvalue weighted by Crippen LogP contribution is -2.56. The maximum Gasteiger partial charge on any atom is 0.162 e. The third-order valence-electron chi connectivity index (χ3n) is 3.82.